The molecular weight excluding hydrogens is 214 g/mol. The van der Waals surface area contributed by atoms with Crippen LogP contribution in [-0.4, -0.2) is 37.0 Å². The first-order valence-electron chi connectivity index (χ1n) is 6.57. The van der Waals surface area contributed by atoms with Gasteiger partial charge in [0.05, 0.1) is 17.9 Å². The molecule has 0 aromatic heterocycles. The van der Waals surface area contributed by atoms with E-state index >= 15 is 0 Å². The number of nitrogens with one attached hydrogen (secondary N) is 1. The Labute approximate surface area is 104 Å². The number of hydrogen-bond donors (Lipinski definition) is 1. The molecule has 1 unspecified atom stereocenters. The van der Waals surface area contributed by atoms with Gasteiger partial charge in [0.15, 0.2) is 0 Å². The highest BCUT2D eigenvalue weighted by Gasteiger charge is 2.39. The summed E-state index contributed by atoms with van der Waals surface area (Å²) in [6.45, 7) is 7.12. The molecule has 0 saturated carbocycles. The number of nitriles is 1. The van der Waals surface area contributed by atoms with Crippen LogP contribution < -0.4 is 5.32 Å². The molecule has 1 saturated heterocycles. The van der Waals surface area contributed by atoms with Gasteiger partial charge in [-0.15, -0.1) is 0 Å². The third kappa shape index (κ3) is 3.19. The van der Waals surface area contributed by atoms with Crippen LogP contribution in [0.5, 0.6) is 0 Å². The predicted octanol–water partition coefficient (Wildman–Crippen LogP) is 1.53. The van der Waals surface area contributed by atoms with E-state index in [0.717, 1.165) is 32.4 Å². The molecule has 1 aliphatic heterocycles. The average molecular weight is 237 g/mol. The molecule has 1 aliphatic rings. The van der Waals surface area contributed by atoms with Crippen molar-refractivity contribution < 1.29 is 4.79 Å². The third-order valence-electron chi connectivity index (χ3n) is 3.77. The fourth-order valence-corrected chi connectivity index (χ4v) is 2.53. The Kier molecular flexibility index (Phi) is 5.43. The van der Waals surface area contributed by atoms with Crippen molar-refractivity contribution in [2.45, 2.75) is 39.5 Å². The van der Waals surface area contributed by atoms with Crippen LogP contribution in [0.1, 0.15) is 39.5 Å². The van der Waals surface area contributed by atoms with Crippen molar-refractivity contribution in [3.05, 3.63) is 0 Å². The van der Waals surface area contributed by atoms with Crippen LogP contribution in [0, 0.1) is 16.7 Å². The van der Waals surface area contributed by atoms with Crippen LogP contribution in [0.4, 0.5) is 0 Å². The lowest BCUT2D eigenvalue weighted by Gasteiger charge is -2.39. The fraction of sp³-hybridized carbons (Fsp3) is 0.846. The second-order valence-electron chi connectivity index (χ2n) is 4.71. The Morgan fingerprint density at radius 1 is 1.53 bits per heavy atom. The Bertz CT molecular complexity index is 290. The summed E-state index contributed by atoms with van der Waals surface area (Å²) in [6.07, 6.45) is 3.34. The fourth-order valence-electron chi connectivity index (χ4n) is 2.53. The van der Waals surface area contributed by atoms with Gasteiger partial charge in [-0.25, -0.2) is 0 Å². The van der Waals surface area contributed by atoms with Crippen molar-refractivity contribution in [1.82, 2.24) is 10.2 Å². The van der Waals surface area contributed by atoms with Crippen LogP contribution in [0.15, 0.2) is 0 Å². The minimum absolute atomic E-state index is 0.227. The van der Waals surface area contributed by atoms with E-state index in [1.54, 1.807) is 0 Å². The normalized spacial score (nSPS) is 24.1. The van der Waals surface area contributed by atoms with Crippen molar-refractivity contribution in [3.8, 4) is 6.07 Å². The minimum Gasteiger partial charge on any atom is -0.341 e. The highest BCUT2D eigenvalue weighted by atomic mass is 16.2. The van der Waals surface area contributed by atoms with Gasteiger partial charge in [0.1, 0.15) is 0 Å². The Morgan fingerprint density at radius 2 is 2.29 bits per heavy atom. The lowest BCUT2D eigenvalue weighted by Crippen LogP contribution is -2.51. The summed E-state index contributed by atoms with van der Waals surface area (Å²) >= 11 is 0. The molecular formula is C13H23N3O. The van der Waals surface area contributed by atoms with Gasteiger partial charge in [-0.2, -0.15) is 5.26 Å². The molecule has 1 N–H and O–H groups in total. The summed E-state index contributed by atoms with van der Waals surface area (Å²) in [7, 11) is 0. The molecule has 0 spiro atoms. The highest BCUT2D eigenvalue weighted by molar-refractivity contribution is 5.83. The van der Waals surface area contributed by atoms with Crippen LogP contribution in [-0.2, 0) is 4.79 Å². The quantitative estimate of drug-likeness (QED) is 0.789. The van der Waals surface area contributed by atoms with Crippen molar-refractivity contribution in [3.63, 3.8) is 0 Å². The molecule has 0 aliphatic carbocycles. The summed E-state index contributed by atoms with van der Waals surface area (Å²) in [4.78, 5) is 14.4. The first-order valence-corrected chi connectivity index (χ1v) is 6.57. The molecule has 0 bridgehead atoms. The van der Waals surface area contributed by atoms with Crippen LogP contribution in [0.25, 0.3) is 0 Å². The molecule has 0 radical (unpaired) electrons. The molecule has 1 fully saturated rings. The largest absolute Gasteiger partial charge is 0.341 e. The van der Waals surface area contributed by atoms with E-state index in [0.29, 0.717) is 19.5 Å². The first-order chi connectivity index (χ1) is 8.20. The third-order valence-corrected chi connectivity index (χ3v) is 3.77. The highest BCUT2D eigenvalue weighted by Crippen LogP contribution is 2.32. The summed E-state index contributed by atoms with van der Waals surface area (Å²) in [5.41, 5.74) is -0.232. The summed E-state index contributed by atoms with van der Waals surface area (Å²) in [6, 6.07) is 2.11. The van der Waals surface area contributed by atoms with Gasteiger partial charge < -0.3 is 10.2 Å². The Hall–Kier alpha value is -1.08. The van der Waals surface area contributed by atoms with Gasteiger partial charge >= 0.3 is 0 Å². The lowest BCUT2D eigenvalue weighted by molar-refractivity contribution is -0.143. The molecule has 17 heavy (non-hydrogen) atoms. The van der Waals surface area contributed by atoms with Gasteiger partial charge in [0, 0.05) is 19.6 Å². The molecule has 4 heteroatoms. The monoisotopic (exact) mass is 237 g/mol. The van der Waals surface area contributed by atoms with Gasteiger partial charge in [0.2, 0.25) is 5.91 Å². The van der Waals surface area contributed by atoms with E-state index in [1.807, 2.05) is 11.8 Å². The van der Waals surface area contributed by atoms with Crippen molar-refractivity contribution >= 4 is 5.91 Å². The van der Waals surface area contributed by atoms with Crippen LogP contribution in [0.2, 0.25) is 0 Å². The summed E-state index contributed by atoms with van der Waals surface area (Å²) in [5.74, 6) is 0.227. The lowest BCUT2D eigenvalue weighted by atomic mass is 9.77. The molecule has 1 atom stereocenters. The number of carbonyl (C=O) groups excluding carboxylic acids is 1. The molecule has 1 rings (SSSR count). The zero-order valence-corrected chi connectivity index (χ0v) is 11.0. The predicted molar refractivity (Wildman–Crippen MR) is 67.3 cm³/mol. The van der Waals surface area contributed by atoms with E-state index in [2.05, 4.69) is 18.3 Å². The van der Waals surface area contributed by atoms with Gasteiger partial charge in [-0.3, -0.25) is 4.79 Å². The van der Waals surface area contributed by atoms with Crippen molar-refractivity contribution in [1.29, 1.82) is 5.26 Å². The van der Waals surface area contributed by atoms with E-state index < -0.39 is 0 Å². The second-order valence-corrected chi connectivity index (χ2v) is 4.71. The summed E-state index contributed by atoms with van der Waals surface area (Å²) < 4.78 is 0. The van der Waals surface area contributed by atoms with Gasteiger partial charge in [-0.05, 0) is 32.7 Å². The first kappa shape index (κ1) is 14.0. The number of rotatable bonds is 5. The number of hydrogen-bond acceptors (Lipinski definition) is 3. The molecule has 1 amide bonds. The van der Waals surface area contributed by atoms with Crippen LogP contribution in [0.3, 0.4) is 0 Å². The van der Waals surface area contributed by atoms with E-state index in [1.165, 1.54) is 0 Å². The van der Waals surface area contributed by atoms with Crippen molar-refractivity contribution in [2.75, 3.05) is 26.2 Å². The van der Waals surface area contributed by atoms with Crippen LogP contribution >= 0.6 is 0 Å². The molecule has 1 heterocycles. The number of piperidine rings is 1. The summed E-state index contributed by atoms with van der Waals surface area (Å²) in [5, 5.41) is 12.0. The van der Waals surface area contributed by atoms with E-state index in [-0.39, 0.29) is 11.3 Å². The minimum atomic E-state index is -0.232. The molecule has 0 aromatic carbocycles. The topological polar surface area (TPSA) is 56.1 Å². The zero-order valence-electron chi connectivity index (χ0n) is 11.0. The number of carbonyl (C=O) groups is 1. The smallest absolute Gasteiger partial charge is 0.230 e. The zero-order chi connectivity index (χ0) is 12.7. The maximum absolute atomic E-state index is 12.6. The number of amides is 1. The number of nitrogens with zero attached hydrogens (tertiary/aromatic N) is 2. The maximum Gasteiger partial charge on any atom is 0.230 e. The Morgan fingerprint density at radius 3 is 2.76 bits per heavy atom. The molecule has 96 valence electrons. The molecule has 4 nitrogen and oxygen atoms in total. The maximum atomic E-state index is 12.6. The second kappa shape index (κ2) is 6.61. The van der Waals surface area contributed by atoms with Gasteiger partial charge in [-0.1, -0.05) is 6.92 Å². The SMILES string of the molecule is CCN(CCC#N)C(=O)C1(CC)CCCNC1. The van der Waals surface area contributed by atoms with Crippen molar-refractivity contribution in [2.24, 2.45) is 5.41 Å². The van der Waals surface area contributed by atoms with E-state index in [9.17, 15) is 4.79 Å². The average Bonchev–Trinajstić information content (AvgIpc) is 2.40. The Balaban J connectivity index is 2.72. The van der Waals surface area contributed by atoms with E-state index in [4.69, 9.17) is 5.26 Å². The standard InChI is InChI=1S/C13H23N3O/c1-3-13(7-5-9-15-11-13)12(17)16(4-2)10-6-8-14/h15H,3-7,9-11H2,1-2H3. The molecule has 0 aromatic rings. The van der Waals surface area contributed by atoms with Gasteiger partial charge in [0.25, 0.3) is 0 Å².